The van der Waals surface area contributed by atoms with Crippen LogP contribution in [0.25, 0.3) is 0 Å². The van der Waals surface area contributed by atoms with E-state index in [0.717, 1.165) is 6.54 Å². The molecule has 0 saturated carbocycles. The summed E-state index contributed by atoms with van der Waals surface area (Å²) < 4.78 is 5.49. The molecule has 1 unspecified atom stereocenters. The number of hydrogen-bond acceptors (Lipinski definition) is 4. The van der Waals surface area contributed by atoms with Crippen LogP contribution < -0.4 is 16.0 Å². The van der Waals surface area contributed by atoms with Crippen molar-refractivity contribution in [1.82, 2.24) is 10.6 Å². The molecule has 1 saturated heterocycles. The molecule has 6 nitrogen and oxygen atoms in total. The summed E-state index contributed by atoms with van der Waals surface area (Å²) in [6.45, 7) is 4.63. The van der Waals surface area contributed by atoms with E-state index < -0.39 is 0 Å². The average Bonchev–Trinajstić information content (AvgIpc) is 2.49. The van der Waals surface area contributed by atoms with E-state index in [0.29, 0.717) is 37.4 Å². The quantitative estimate of drug-likeness (QED) is 0.748. The van der Waals surface area contributed by atoms with Gasteiger partial charge in [-0.1, -0.05) is 0 Å². The number of rotatable bonds is 5. The van der Waals surface area contributed by atoms with Crippen LogP contribution in [0, 0.1) is 0 Å². The van der Waals surface area contributed by atoms with E-state index in [4.69, 9.17) is 4.74 Å². The second-order valence-electron chi connectivity index (χ2n) is 4.89. The zero-order chi connectivity index (χ0) is 15.1. The first-order chi connectivity index (χ1) is 10.2. The van der Waals surface area contributed by atoms with Gasteiger partial charge in [-0.05, 0) is 31.2 Å². The summed E-state index contributed by atoms with van der Waals surface area (Å²) in [6, 6.07) is 6.84. The number of amides is 2. The van der Waals surface area contributed by atoms with Gasteiger partial charge >= 0.3 is 0 Å². The fraction of sp³-hybridized carbons (Fsp3) is 0.467. The summed E-state index contributed by atoms with van der Waals surface area (Å²) in [6.07, 6.45) is 0.249. The summed E-state index contributed by atoms with van der Waals surface area (Å²) >= 11 is 0. The highest BCUT2D eigenvalue weighted by Gasteiger charge is 2.17. The molecule has 0 radical (unpaired) electrons. The maximum atomic E-state index is 11.9. The molecule has 1 aliphatic rings. The Balaban J connectivity index is 1.84. The summed E-state index contributed by atoms with van der Waals surface area (Å²) in [5.41, 5.74) is 1.26. The first-order valence-corrected chi connectivity index (χ1v) is 7.19. The van der Waals surface area contributed by atoms with Gasteiger partial charge in [-0.3, -0.25) is 9.59 Å². The third-order valence-corrected chi connectivity index (χ3v) is 3.19. The lowest BCUT2D eigenvalue weighted by atomic mass is 10.1. The van der Waals surface area contributed by atoms with Crippen molar-refractivity contribution in [3.8, 4) is 0 Å². The van der Waals surface area contributed by atoms with Gasteiger partial charge in [-0.2, -0.15) is 0 Å². The second kappa shape index (κ2) is 7.75. The molecule has 1 aromatic rings. The number of hydrogen-bond donors (Lipinski definition) is 3. The van der Waals surface area contributed by atoms with Gasteiger partial charge in [0, 0.05) is 30.9 Å². The molecule has 6 heteroatoms. The first-order valence-electron chi connectivity index (χ1n) is 7.19. The number of anilines is 1. The van der Waals surface area contributed by atoms with Gasteiger partial charge in [0.25, 0.3) is 5.91 Å². The molecule has 2 amide bonds. The molecule has 0 spiro atoms. The minimum atomic E-state index is -0.114. The van der Waals surface area contributed by atoms with Crippen LogP contribution in [0.5, 0.6) is 0 Å². The van der Waals surface area contributed by atoms with Crippen LogP contribution in [0.3, 0.4) is 0 Å². The molecule has 1 aliphatic heterocycles. The van der Waals surface area contributed by atoms with E-state index >= 15 is 0 Å². The molecule has 2 rings (SSSR count). The highest BCUT2D eigenvalue weighted by atomic mass is 16.5. The predicted molar refractivity (Wildman–Crippen MR) is 80.3 cm³/mol. The minimum Gasteiger partial charge on any atom is -0.375 e. The lowest BCUT2D eigenvalue weighted by molar-refractivity contribution is -0.119. The third-order valence-electron chi connectivity index (χ3n) is 3.19. The van der Waals surface area contributed by atoms with E-state index in [1.54, 1.807) is 24.3 Å². The van der Waals surface area contributed by atoms with Crippen molar-refractivity contribution in [3.05, 3.63) is 29.8 Å². The number of ether oxygens (including phenoxy) is 1. The molecule has 0 aliphatic carbocycles. The molecule has 1 aromatic carbocycles. The van der Waals surface area contributed by atoms with Crippen LogP contribution in [0.2, 0.25) is 0 Å². The number of benzene rings is 1. The van der Waals surface area contributed by atoms with Crippen molar-refractivity contribution in [1.29, 1.82) is 0 Å². The number of carbonyl (C=O) groups is 2. The number of morpholine rings is 1. The number of nitrogens with one attached hydrogen (secondary N) is 3. The maximum Gasteiger partial charge on any atom is 0.251 e. The van der Waals surface area contributed by atoms with E-state index in [1.165, 1.54) is 0 Å². The topological polar surface area (TPSA) is 79.5 Å². The van der Waals surface area contributed by atoms with Gasteiger partial charge in [0.15, 0.2) is 0 Å². The molecule has 0 bridgehead atoms. The van der Waals surface area contributed by atoms with Crippen LogP contribution in [0.4, 0.5) is 5.69 Å². The van der Waals surface area contributed by atoms with Crippen molar-refractivity contribution < 1.29 is 14.3 Å². The van der Waals surface area contributed by atoms with Crippen molar-refractivity contribution in [2.24, 2.45) is 0 Å². The van der Waals surface area contributed by atoms with Crippen molar-refractivity contribution in [2.75, 3.05) is 31.6 Å². The Bertz CT molecular complexity index is 481. The Hall–Kier alpha value is -1.92. The van der Waals surface area contributed by atoms with Crippen LogP contribution in [0.15, 0.2) is 24.3 Å². The molecule has 1 heterocycles. The Kier molecular flexibility index (Phi) is 5.71. The highest BCUT2D eigenvalue weighted by molar-refractivity contribution is 5.95. The Morgan fingerprint density at radius 2 is 2.10 bits per heavy atom. The van der Waals surface area contributed by atoms with E-state index in [9.17, 15) is 9.59 Å². The lowest BCUT2D eigenvalue weighted by Crippen LogP contribution is -2.40. The zero-order valence-corrected chi connectivity index (χ0v) is 12.1. The molecule has 21 heavy (non-hydrogen) atoms. The van der Waals surface area contributed by atoms with Crippen molar-refractivity contribution in [3.63, 3.8) is 0 Å². The van der Waals surface area contributed by atoms with Gasteiger partial charge < -0.3 is 20.7 Å². The SMILES string of the molecule is CCNC(=O)c1ccc(NC(=O)CC2CNCCO2)cc1. The second-order valence-corrected chi connectivity index (χ2v) is 4.89. The summed E-state index contributed by atoms with van der Waals surface area (Å²) in [7, 11) is 0. The number of carbonyl (C=O) groups excluding carboxylic acids is 2. The van der Waals surface area contributed by atoms with E-state index in [2.05, 4.69) is 16.0 Å². The largest absolute Gasteiger partial charge is 0.375 e. The highest BCUT2D eigenvalue weighted by Crippen LogP contribution is 2.11. The Labute approximate surface area is 124 Å². The average molecular weight is 291 g/mol. The molecule has 1 fully saturated rings. The lowest BCUT2D eigenvalue weighted by Gasteiger charge is -2.23. The van der Waals surface area contributed by atoms with Gasteiger partial charge in [0.1, 0.15) is 0 Å². The molecular weight excluding hydrogens is 270 g/mol. The smallest absolute Gasteiger partial charge is 0.251 e. The maximum absolute atomic E-state index is 11.9. The summed E-state index contributed by atoms with van der Waals surface area (Å²) in [4.78, 5) is 23.5. The monoisotopic (exact) mass is 291 g/mol. The Morgan fingerprint density at radius 3 is 2.71 bits per heavy atom. The van der Waals surface area contributed by atoms with Crippen molar-refractivity contribution >= 4 is 17.5 Å². The van der Waals surface area contributed by atoms with Gasteiger partial charge in [0.2, 0.25) is 5.91 Å². The summed E-state index contributed by atoms with van der Waals surface area (Å²) in [5, 5.41) is 8.72. The molecule has 1 atom stereocenters. The van der Waals surface area contributed by atoms with E-state index in [1.807, 2.05) is 6.92 Å². The Morgan fingerprint density at radius 1 is 1.33 bits per heavy atom. The van der Waals surface area contributed by atoms with Crippen LogP contribution >= 0.6 is 0 Å². The normalized spacial score (nSPS) is 18.0. The predicted octanol–water partition coefficient (Wildman–Crippen LogP) is 0.753. The fourth-order valence-electron chi connectivity index (χ4n) is 2.14. The summed E-state index contributed by atoms with van der Waals surface area (Å²) in [5.74, 6) is -0.202. The fourth-order valence-corrected chi connectivity index (χ4v) is 2.14. The zero-order valence-electron chi connectivity index (χ0n) is 12.1. The molecule has 3 N–H and O–H groups in total. The third kappa shape index (κ3) is 4.84. The molecular formula is C15H21N3O3. The van der Waals surface area contributed by atoms with Gasteiger partial charge in [-0.25, -0.2) is 0 Å². The van der Waals surface area contributed by atoms with Gasteiger partial charge in [-0.15, -0.1) is 0 Å². The van der Waals surface area contributed by atoms with E-state index in [-0.39, 0.29) is 17.9 Å². The molecule has 0 aromatic heterocycles. The minimum absolute atomic E-state index is 0.0756. The molecule has 114 valence electrons. The van der Waals surface area contributed by atoms with Gasteiger partial charge in [0.05, 0.1) is 19.1 Å². The standard InChI is InChI=1S/C15H21N3O3/c1-2-17-15(20)11-3-5-12(6-4-11)18-14(19)9-13-10-16-7-8-21-13/h3-6,13,16H,2,7-10H2,1H3,(H,17,20)(H,18,19). The van der Waals surface area contributed by atoms with Crippen LogP contribution in [-0.4, -0.2) is 44.2 Å². The van der Waals surface area contributed by atoms with Crippen LogP contribution in [-0.2, 0) is 9.53 Å². The first kappa shape index (κ1) is 15.5. The van der Waals surface area contributed by atoms with Crippen molar-refractivity contribution in [2.45, 2.75) is 19.4 Å². The van der Waals surface area contributed by atoms with Crippen LogP contribution in [0.1, 0.15) is 23.7 Å².